The van der Waals surface area contributed by atoms with Crippen LogP contribution in [0.5, 0.6) is 5.75 Å². The summed E-state index contributed by atoms with van der Waals surface area (Å²) < 4.78 is 158. The fourth-order valence-electron chi connectivity index (χ4n) is 5.51. The summed E-state index contributed by atoms with van der Waals surface area (Å²) in [5.41, 5.74) is -3.16. The fourth-order valence-corrected chi connectivity index (χ4v) is 5.51. The Balaban J connectivity index is 1.26. The van der Waals surface area contributed by atoms with E-state index >= 15 is 13.2 Å². The molecule has 262 valence electrons. The minimum Gasteiger partial charge on any atom is -0.429 e. The lowest BCUT2D eigenvalue weighted by molar-refractivity contribution is -0.206. The molecule has 0 bridgehead atoms. The maximum atomic E-state index is 15.1. The molecule has 49 heavy (non-hydrogen) atoms. The number of unbranched alkanes of at least 4 members (excludes halogenated alkanes) is 2. The van der Waals surface area contributed by atoms with E-state index in [0.717, 1.165) is 49.9 Å². The van der Waals surface area contributed by atoms with E-state index in [-0.39, 0.29) is 28.2 Å². The van der Waals surface area contributed by atoms with Crippen LogP contribution in [0.15, 0.2) is 72.8 Å². The standard InChI is InChI=1S/C36H30F10O3/c1-2-3-4-5-20-18-47-33(48-19-20)24-16-30(39)32(31(40)17-24)36(45,46)49-25-10-6-21(7-11-25)22-8-12-26(28(37)14-22)23-9-13-27(29(38)15-23)35(43,44)34(41)42/h6-17,20,33-34H,2-5,18-19H2,1H3. The Kier molecular flexibility index (Phi) is 10.9. The quantitative estimate of drug-likeness (QED) is 0.109. The van der Waals surface area contributed by atoms with E-state index in [2.05, 4.69) is 11.7 Å². The van der Waals surface area contributed by atoms with Crippen molar-refractivity contribution in [2.75, 3.05) is 13.2 Å². The lowest BCUT2D eigenvalue weighted by Crippen LogP contribution is -2.28. The second-order valence-electron chi connectivity index (χ2n) is 11.7. The Morgan fingerprint density at radius 3 is 1.88 bits per heavy atom. The second-order valence-corrected chi connectivity index (χ2v) is 11.7. The van der Waals surface area contributed by atoms with Crippen molar-refractivity contribution >= 4 is 0 Å². The van der Waals surface area contributed by atoms with Crippen LogP contribution >= 0.6 is 0 Å². The highest BCUT2D eigenvalue weighted by Gasteiger charge is 2.45. The van der Waals surface area contributed by atoms with Crippen molar-refractivity contribution in [1.29, 1.82) is 0 Å². The van der Waals surface area contributed by atoms with Crippen molar-refractivity contribution in [2.45, 2.75) is 57.4 Å². The van der Waals surface area contributed by atoms with E-state index in [4.69, 9.17) is 9.47 Å². The molecule has 1 aliphatic rings. The van der Waals surface area contributed by atoms with Gasteiger partial charge in [0, 0.05) is 17.0 Å². The molecule has 0 unspecified atom stereocenters. The molecule has 0 spiro atoms. The summed E-state index contributed by atoms with van der Waals surface area (Å²) in [5.74, 6) is -10.8. The van der Waals surface area contributed by atoms with Crippen LogP contribution in [-0.4, -0.2) is 19.6 Å². The Morgan fingerprint density at radius 2 is 1.31 bits per heavy atom. The summed E-state index contributed by atoms with van der Waals surface area (Å²) in [6.07, 6.45) is -5.74. The summed E-state index contributed by atoms with van der Waals surface area (Å²) >= 11 is 0. The van der Waals surface area contributed by atoms with E-state index in [0.29, 0.717) is 43.0 Å². The summed E-state index contributed by atoms with van der Waals surface area (Å²) in [6.45, 7) is 2.68. The molecule has 0 radical (unpaired) electrons. The number of ether oxygens (including phenoxy) is 3. The highest BCUT2D eigenvalue weighted by molar-refractivity contribution is 5.71. The van der Waals surface area contributed by atoms with Crippen LogP contribution in [0.3, 0.4) is 0 Å². The monoisotopic (exact) mass is 700 g/mol. The number of alkyl halides is 6. The molecule has 0 saturated carbocycles. The minimum atomic E-state index is -4.74. The molecule has 13 heteroatoms. The van der Waals surface area contributed by atoms with Gasteiger partial charge in [0.1, 0.15) is 34.6 Å². The van der Waals surface area contributed by atoms with Gasteiger partial charge >= 0.3 is 18.5 Å². The lowest BCUT2D eigenvalue weighted by Gasteiger charge is -2.30. The van der Waals surface area contributed by atoms with E-state index in [1.807, 2.05) is 0 Å². The van der Waals surface area contributed by atoms with Crippen molar-refractivity contribution in [1.82, 2.24) is 0 Å². The summed E-state index contributed by atoms with van der Waals surface area (Å²) in [7, 11) is 0. The Bertz CT molecular complexity index is 1730. The van der Waals surface area contributed by atoms with Gasteiger partial charge in [-0.25, -0.2) is 26.3 Å². The molecule has 0 aromatic heterocycles. The molecule has 0 aliphatic carbocycles. The van der Waals surface area contributed by atoms with Crippen molar-refractivity contribution in [3.05, 3.63) is 113 Å². The van der Waals surface area contributed by atoms with Crippen LogP contribution in [0.25, 0.3) is 22.3 Å². The smallest absolute Gasteiger partial charge is 0.429 e. The molecule has 1 heterocycles. The predicted octanol–water partition coefficient (Wildman–Crippen LogP) is 11.3. The Hall–Kier alpha value is -4.10. The maximum absolute atomic E-state index is 15.1. The number of halogens is 10. The second kappa shape index (κ2) is 14.8. The van der Waals surface area contributed by atoms with Gasteiger partial charge in [0.25, 0.3) is 0 Å². The molecule has 0 amide bonds. The number of hydrogen-bond acceptors (Lipinski definition) is 3. The third-order valence-corrected chi connectivity index (χ3v) is 8.13. The van der Waals surface area contributed by atoms with Gasteiger partial charge in [-0.15, -0.1) is 0 Å². The van der Waals surface area contributed by atoms with Crippen LogP contribution in [0.2, 0.25) is 0 Å². The topological polar surface area (TPSA) is 27.7 Å². The van der Waals surface area contributed by atoms with Gasteiger partial charge in [-0.1, -0.05) is 56.5 Å². The molecular weight excluding hydrogens is 670 g/mol. The highest BCUT2D eigenvalue weighted by atomic mass is 19.3. The van der Waals surface area contributed by atoms with Crippen LogP contribution < -0.4 is 4.74 Å². The third-order valence-electron chi connectivity index (χ3n) is 8.13. The molecule has 4 aromatic carbocycles. The first kappa shape index (κ1) is 36.2. The highest BCUT2D eigenvalue weighted by Crippen LogP contribution is 2.40. The van der Waals surface area contributed by atoms with Crippen molar-refractivity contribution in [3.63, 3.8) is 0 Å². The molecule has 3 nitrogen and oxygen atoms in total. The normalized spacial score (nSPS) is 17.1. The van der Waals surface area contributed by atoms with E-state index in [1.165, 1.54) is 24.3 Å². The van der Waals surface area contributed by atoms with Crippen molar-refractivity contribution < 1.29 is 58.1 Å². The van der Waals surface area contributed by atoms with Gasteiger partial charge in [0.2, 0.25) is 0 Å². The zero-order valence-corrected chi connectivity index (χ0v) is 25.9. The summed E-state index contributed by atoms with van der Waals surface area (Å²) in [4.78, 5) is 0. The minimum absolute atomic E-state index is 0.0976. The van der Waals surface area contributed by atoms with Gasteiger partial charge in [0.15, 0.2) is 6.29 Å². The first-order chi connectivity index (χ1) is 23.2. The van der Waals surface area contributed by atoms with Crippen molar-refractivity contribution in [3.8, 4) is 28.0 Å². The molecule has 1 fully saturated rings. The lowest BCUT2D eigenvalue weighted by atomic mass is 9.97. The number of rotatable bonds is 12. The summed E-state index contributed by atoms with van der Waals surface area (Å²) in [5, 5.41) is 0. The SMILES string of the molecule is CCCCCC1COC(c2cc(F)c(C(F)(F)Oc3ccc(-c4ccc(-c5ccc(C(F)(F)C(F)F)c(F)c5)c(F)c4)cc3)c(F)c2)OC1. The van der Waals surface area contributed by atoms with E-state index in [9.17, 15) is 30.7 Å². The largest absolute Gasteiger partial charge is 0.432 e. The first-order valence-electron chi connectivity index (χ1n) is 15.4. The average molecular weight is 701 g/mol. The molecule has 0 atom stereocenters. The third kappa shape index (κ3) is 8.04. The Morgan fingerprint density at radius 1 is 0.714 bits per heavy atom. The van der Waals surface area contributed by atoms with Crippen molar-refractivity contribution in [2.24, 2.45) is 5.92 Å². The maximum Gasteiger partial charge on any atom is 0.432 e. The fraction of sp³-hybridized carbons (Fsp3) is 0.333. The number of hydrogen-bond donors (Lipinski definition) is 0. The number of benzene rings is 4. The molecule has 1 saturated heterocycles. The first-order valence-corrected chi connectivity index (χ1v) is 15.4. The molecule has 1 aliphatic heterocycles. The van der Waals surface area contributed by atoms with Crippen LogP contribution in [-0.2, 0) is 21.5 Å². The van der Waals surface area contributed by atoms with Gasteiger partial charge < -0.3 is 14.2 Å². The molecular formula is C36H30F10O3. The van der Waals surface area contributed by atoms with Gasteiger partial charge in [-0.05, 0) is 65.6 Å². The van der Waals surface area contributed by atoms with Gasteiger partial charge in [-0.3, -0.25) is 0 Å². The average Bonchev–Trinajstić information content (AvgIpc) is 3.04. The van der Waals surface area contributed by atoms with Crippen LogP contribution in [0.1, 0.15) is 55.6 Å². The predicted molar refractivity (Wildman–Crippen MR) is 160 cm³/mol. The molecule has 0 N–H and O–H groups in total. The zero-order chi connectivity index (χ0) is 35.5. The van der Waals surface area contributed by atoms with E-state index < -0.39 is 64.9 Å². The van der Waals surface area contributed by atoms with E-state index in [1.54, 1.807) is 0 Å². The Labute approximate surface area is 275 Å². The summed E-state index contributed by atoms with van der Waals surface area (Å²) in [6, 6.07) is 11.5. The zero-order valence-electron chi connectivity index (χ0n) is 25.9. The van der Waals surface area contributed by atoms with Gasteiger partial charge in [-0.2, -0.15) is 17.6 Å². The van der Waals surface area contributed by atoms with Crippen LogP contribution in [0, 0.1) is 29.2 Å². The van der Waals surface area contributed by atoms with Gasteiger partial charge in [0.05, 0.1) is 18.8 Å². The molecule has 4 aromatic rings. The van der Waals surface area contributed by atoms with Crippen LogP contribution in [0.4, 0.5) is 43.9 Å². The molecule has 5 rings (SSSR count).